The number of carboxylic acids is 1. The van der Waals surface area contributed by atoms with Crippen molar-refractivity contribution < 1.29 is 71.4 Å². The van der Waals surface area contributed by atoms with Crippen LogP contribution in [0.15, 0.2) is 11.9 Å². The minimum absolute atomic E-state index is 2.64. The van der Waals surface area contributed by atoms with Crippen LogP contribution in [0.5, 0.6) is 0 Å². The van der Waals surface area contributed by atoms with Crippen molar-refractivity contribution in [2.24, 2.45) is 0 Å². The predicted octanol–water partition coefficient (Wildman–Crippen LogP) is 4.66. The van der Waals surface area contributed by atoms with Gasteiger partial charge in [-0.15, -0.1) is 0 Å². The Morgan fingerprint density at radius 3 is 1.32 bits per heavy atom. The summed E-state index contributed by atoms with van der Waals surface area (Å²) in [5.41, 5.74) is 0. The monoisotopic (exact) mass is 408 g/mol. The van der Waals surface area contributed by atoms with Gasteiger partial charge in [0, 0.05) is 6.08 Å². The number of carbonyl (C=O) groups is 1. The van der Waals surface area contributed by atoms with Gasteiger partial charge in [-0.2, -0.15) is 57.1 Å². The molecule has 16 heteroatoms. The second-order valence-corrected chi connectivity index (χ2v) is 4.22. The summed E-state index contributed by atoms with van der Waals surface area (Å²) in [7, 11) is 0. The number of hydrogen-bond donors (Lipinski definition) is 1. The van der Waals surface area contributed by atoms with E-state index in [4.69, 9.17) is 5.11 Å². The molecule has 2 nitrogen and oxygen atoms in total. The molecule has 0 saturated carbocycles. The molecular formula is C9H2F14O2. The van der Waals surface area contributed by atoms with E-state index in [0.29, 0.717) is 0 Å². The maximum Gasteiger partial charge on any atom is 0.460 e. The van der Waals surface area contributed by atoms with Gasteiger partial charge < -0.3 is 5.11 Å². The van der Waals surface area contributed by atoms with E-state index >= 15 is 0 Å². The van der Waals surface area contributed by atoms with Gasteiger partial charge in [-0.3, -0.25) is 0 Å². The van der Waals surface area contributed by atoms with Crippen molar-refractivity contribution in [2.45, 2.75) is 35.8 Å². The molecule has 0 aliphatic rings. The number of hydrogen-bond acceptors (Lipinski definition) is 1. The summed E-state index contributed by atoms with van der Waals surface area (Å²) >= 11 is 0. The van der Waals surface area contributed by atoms with Gasteiger partial charge >= 0.3 is 41.8 Å². The summed E-state index contributed by atoms with van der Waals surface area (Å²) in [6.07, 6.45) is -9.88. The quantitative estimate of drug-likeness (QED) is 0.650. The minimum Gasteiger partial charge on any atom is -0.477 e. The Morgan fingerprint density at radius 2 is 1.04 bits per heavy atom. The first-order chi connectivity index (χ1) is 10.6. The molecule has 0 heterocycles. The van der Waals surface area contributed by atoms with E-state index in [-0.39, 0.29) is 0 Å². The van der Waals surface area contributed by atoms with Crippen LogP contribution in [0.4, 0.5) is 61.5 Å². The zero-order valence-electron chi connectivity index (χ0n) is 10.7. The minimum atomic E-state index is -7.39. The van der Waals surface area contributed by atoms with Crippen LogP contribution in [0.1, 0.15) is 0 Å². The molecule has 0 bridgehead atoms. The van der Waals surface area contributed by atoms with Crippen molar-refractivity contribution in [1.29, 1.82) is 0 Å². The van der Waals surface area contributed by atoms with E-state index in [2.05, 4.69) is 0 Å². The largest absolute Gasteiger partial charge is 0.477 e. The molecule has 0 fully saturated rings. The molecule has 0 aliphatic carbocycles. The van der Waals surface area contributed by atoms with Crippen molar-refractivity contribution in [2.75, 3.05) is 0 Å². The van der Waals surface area contributed by atoms with E-state index in [9.17, 15) is 66.3 Å². The first kappa shape index (κ1) is 23.2. The molecule has 0 atom stereocenters. The van der Waals surface area contributed by atoms with Crippen molar-refractivity contribution >= 4 is 5.97 Å². The fourth-order valence-electron chi connectivity index (χ4n) is 1.01. The van der Waals surface area contributed by atoms with Crippen molar-refractivity contribution in [3.8, 4) is 0 Å². The predicted molar refractivity (Wildman–Crippen MR) is 47.6 cm³/mol. The Morgan fingerprint density at radius 1 is 0.680 bits per heavy atom. The van der Waals surface area contributed by atoms with Gasteiger partial charge in [0.1, 0.15) is 0 Å². The third-order valence-electron chi connectivity index (χ3n) is 2.44. The summed E-state index contributed by atoms with van der Waals surface area (Å²) in [5.74, 6) is -43.9. The lowest BCUT2D eigenvalue weighted by Crippen LogP contribution is -2.58. The summed E-state index contributed by atoms with van der Waals surface area (Å²) in [6.45, 7) is 0. The van der Waals surface area contributed by atoms with Crippen LogP contribution >= 0.6 is 0 Å². The first-order valence-electron chi connectivity index (χ1n) is 5.15. The van der Waals surface area contributed by atoms with Crippen LogP contribution in [0.3, 0.4) is 0 Å². The highest BCUT2D eigenvalue weighted by Crippen LogP contribution is 2.52. The van der Waals surface area contributed by atoms with Crippen LogP contribution in [-0.4, -0.2) is 46.9 Å². The Labute approximate surface area is 126 Å². The fourth-order valence-corrected chi connectivity index (χ4v) is 1.01. The maximum absolute atomic E-state index is 12.9. The maximum atomic E-state index is 12.9. The number of alkyl halides is 13. The topological polar surface area (TPSA) is 37.3 Å². The zero-order chi connectivity index (χ0) is 20.9. The average Bonchev–Trinajstić information content (AvgIpc) is 2.35. The van der Waals surface area contributed by atoms with E-state index in [0.717, 1.165) is 0 Å². The molecule has 0 aromatic carbocycles. The Kier molecular flexibility index (Phi) is 5.48. The molecule has 1 N–H and O–H groups in total. The molecule has 0 rings (SSSR count). The van der Waals surface area contributed by atoms with Crippen LogP contribution in [0.2, 0.25) is 0 Å². The lowest BCUT2D eigenvalue weighted by atomic mass is 10.0. The smallest absolute Gasteiger partial charge is 0.460 e. The normalized spacial score (nSPS) is 16.2. The van der Waals surface area contributed by atoms with Gasteiger partial charge in [0.05, 0.1) is 0 Å². The zero-order valence-corrected chi connectivity index (χ0v) is 10.7. The molecule has 25 heavy (non-hydrogen) atoms. The molecule has 0 radical (unpaired) electrons. The first-order valence-corrected chi connectivity index (χ1v) is 5.15. The van der Waals surface area contributed by atoms with Crippen molar-refractivity contribution in [1.82, 2.24) is 0 Å². The molecule has 0 unspecified atom stereocenters. The van der Waals surface area contributed by atoms with E-state index in [1.54, 1.807) is 0 Å². The van der Waals surface area contributed by atoms with Crippen LogP contribution in [0, 0.1) is 0 Å². The van der Waals surface area contributed by atoms with E-state index < -0.39 is 53.7 Å². The second-order valence-electron chi connectivity index (χ2n) is 4.22. The number of allylic oxidation sites excluding steroid dienone is 2. The third-order valence-corrected chi connectivity index (χ3v) is 2.44. The van der Waals surface area contributed by atoms with Crippen LogP contribution < -0.4 is 0 Å². The van der Waals surface area contributed by atoms with Gasteiger partial charge in [0.15, 0.2) is 5.83 Å². The molecule has 0 aromatic heterocycles. The van der Waals surface area contributed by atoms with E-state index in [1.165, 1.54) is 0 Å². The summed E-state index contributed by atoms with van der Waals surface area (Å²) in [4.78, 5) is 9.79. The van der Waals surface area contributed by atoms with Gasteiger partial charge in [-0.05, 0) is 0 Å². The lowest BCUT2D eigenvalue weighted by molar-refractivity contribution is -0.348. The standard InChI is InChI=1S/C9H2F14O2/c10-2(5(13,14)8(19,20)9(21,22)23)1-4(11,12)7(17,18)6(15,16)3(24)25/h1H,(H,24,25)/b2-1-. The van der Waals surface area contributed by atoms with E-state index in [1.807, 2.05) is 0 Å². The molecule has 0 aliphatic heterocycles. The van der Waals surface area contributed by atoms with Gasteiger partial charge in [-0.25, -0.2) is 9.18 Å². The number of halogens is 14. The third kappa shape index (κ3) is 3.47. The fraction of sp³-hybridized carbons (Fsp3) is 0.667. The number of carboxylic acid groups (broad SMARTS) is 1. The highest BCUT2D eigenvalue weighted by molar-refractivity contribution is 5.77. The van der Waals surface area contributed by atoms with Gasteiger partial charge in [-0.1, -0.05) is 0 Å². The lowest BCUT2D eigenvalue weighted by Gasteiger charge is -2.30. The molecule has 0 aromatic rings. The van der Waals surface area contributed by atoms with Crippen molar-refractivity contribution in [3.63, 3.8) is 0 Å². The SMILES string of the molecule is O=C(O)C(F)(F)C(F)(F)C(F)(F)/C=C(\F)C(F)(F)C(F)(F)C(F)(F)F. The van der Waals surface area contributed by atoms with Gasteiger partial charge in [0.2, 0.25) is 0 Å². The molecule has 0 spiro atoms. The summed E-state index contributed by atoms with van der Waals surface area (Å²) in [5, 5.41) is 7.68. The highest BCUT2D eigenvalue weighted by atomic mass is 19.4. The van der Waals surface area contributed by atoms with Gasteiger partial charge in [0.25, 0.3) is 0 Å². The van der Waals surface area contributed by atoms with Crippen LogP contribution in [0.25, 0.3) is 0 Å². The Balaban J connectivity index is 6.21. The summed E-state index contributed by atoms with van der Waals surface area (Å²) in [6, 6.07) is 0. The Hall–Kier alpha value is -1.77. The number of aliphatic carboxylic acids is 1. The number of rotatable bonds is 6. The van der Waals surface area contributed by atoms with Crippen LogP contribution in [-0.2, 0) is 4.79 Å². The summed E-state index contributed by atoms with van der Waals surface area (Å²) < 4.78 is 174. The molecule has 148 valence electrons. The highest BCUT2D eigenvalue weighted by Gasteiger charge is 2.78. The molecule has 0 saturated heterocycles. The molecule has 0 amide bonds. The van der Waals surface area contributed by atoms with Crippen molar-refractivity contribution in [3.05, 3.63) is 11.9 Å². The molecular weight excluding hydrogens is 406 g/mol. The second kappa shape index (κ2) is 5.89. The Bertz CT molecular complexity index is 557. The average molecular weight is 408 g/mol.